The Balaban J connectivity index is 1.14. The molecule has 0 spiro atoms. The molecule has 1 amide bonds. The quantitative estimate of drug-likeness (QED) is 0.180. The number of nitrogens with one attached hydrogen (secondary N) is 1. The number of ether oxygens (including phenoxy) is 2. The molecular formula is C39H36N4O4. The molecule has 2 N–H and O–H groups in total. The maximum absolute atomic E-state index is 12.7. The fourth-order valence-electron chi connectivity index (χ4n) is 6.23. The van der Waals surface area contributed by atoms with Crippen molar-refractivity contribution >= 4 is 16.9 Å². The first kappa shape index (κ1) is 30.5. The van der Waals surface area contributed by atoms with Crippen molar-refractivity contribution in [2.24, 2.45) is 5.92 Å². The van der Waals surface area contributed by atoms with Crippen LogP contribution in [0.25, 0.3) is 22.2 Å². The van der Waals surface area contributed by atoms with Crippen LogP contribution in [0.3, 0.4) is 0 Å². The van der Waals surface area contributed by atoms with Gasteiger partial charge in [0.1, 0.15) is 0 Å². The Labute approximate surface area is 273 Å². The van der Waals surface area contributed by atoms with E-state index in [0.717, 1.165) is 44.4 Å². The maximum Gasteiger partial charge on any atom is 0.253 e. The Morgan fingerprint density at radius 3 is 2.43 bits per heavy atom. The molecule has 0 unspecified atom stereocenters. The molecule has 6 aromatic rings. The number of benzene rings is 4. The van der Waals surface area contributed by atoms with Crippen molar-refractivity contribution in [1.29, 1.82) is 0 Å². The summed E-state index contributed by atoms with van der Waals surface area (Å²) in [5.41, 5.74) is 8.44. The van der Waals surface area contributed by atoms with Crippen LogP contribution in [0.1, 0.15) is 51.9 Å². The SMILES string of the molecule is C[C@H]1[C@@H](Cn2cnc3ccccc32)O[C@@H](c2ccc(-c3ccccc3CNC(=O)c3cccnc3)cc2)O[C@H]1c1ccc(CO)cc1. The largest absolute Gasteiger partial charge is 0.392 e. The molecule has 8 heteroatoms. The third-order valence-corrected chi connectivity index (χ3v) is 8.90. The van der Waals surface area contributed by atoms with Crippen LogP contribution in [-0.4, -0.2) is 31.7 Å². The number of nitrogens with zero attached hydrogens (tertiary/aromatic N) is 3. The Hall–Kier alpha value is -5.15. The molecule has 236 valence electrons. The lowest BCUT2D eigenvalue weighted by Gasteiger charge is -2.41. The van der Waals surface area contributed by atoms with Gasteiger partial charge in [0.15, 0.2) is 6.29 Å². The average molecular weight is 625 g/mol. The molecule has 0 bridgehead atoms. The molecule has 1 fully saturated rings. The van der Waals surface area contributed by atoms with Crippen molar-refractivity contribution in [2.45, 2.75) is 45.1 Å². The van der Waals surface area contributed by atoms with Crippen LogP contribution in [-0.2, 0) is 29.2 Å². The smallest absolute Gasteiger partial charge is 0.253 e. The van der Waals surface area contributed by atoms with Gasteiger partial charge in [-0.1, -0.05) is 91.9 Å². The molecule has 1 aliphatic heterocycles. The van der Waals surface area contributed by atoms with Gasteiger partial charge in [0.2, 0.25) is 0 Å². The molecule has 0 aliphatic carbocycles. The van der Waals surface area contributed by atoms with Crippen molar-refractivity contribution in [3.8, 4) is 11.1 Å². The molecule has 4 aromatic carbocycles. The average Bonchev–Trinajstić information content (AvgIpc) is 3.54. The second kappa shape index (κ2) is 13.7. The van der Waals surface area contributed by atoms with E-state index < -0.39 is 6.29 Å². The summed E-state index contributed by atoms with van der Waals surface area (Å²) in [5.74, 6) is -0.122. The van der Waals surface area contributed by atoms with E-state index in [0.29, 0.717) is 18.7 Å². The van der Waals surface area contributed by atoms with Gasteiger partial charge in [-0.3, -0.25) is 9.78 Å². The van der Waals surface area contributed by atoms with E-state index in [9.17, 15) is 9.90 Å². The maximum atomic E-state index is 12.7. The molecule has 1 aliphatic rings. The fourth-order valence-corrected chi connectivity index (χ4v) is 6.23. The van der Waals surface area contributed by atoms with E-state index >= 15 is 0 Å². The number of carbonyl (C=O) groups is 1. The fraction of sp³-hybridized carbons (Fsp3) is 0.205. The van der Waals surface area contributed by atoms with Crippen molar-refractivity contribution < 1.29 is 19.4 Å². The zero-order valence-electron chi connectivity index (χ0n) is 26.1. The summed E-state index contributed by atoms with van der Waals surface area (Å²) in [6.45, 7) is 3.18. The minimum Gasteiger partial charge on any atom is -0.392 e. The third kappa shape index (κ3) is 6.57. The summed E-state index contributed by atoms with van der Waals surface area (Å²) >= 11 is 0. The van der Waals surface area contributed by atoms with Gasteiger partial charge in [-0.2, -0.15) is 0 Å². The lowest BCUT2D eigenvalue weighted by molar-refractivity contribution is -0.276. The minimum absolute atomic E-state index is 0.00419. The topological polar surface area (TPSA) is 98.5 Å². The van der Waals surface area contributed by atoms with Gasteiger partial charge < -0.3 is 24.5 Å². The molecule has 7 rings (SSSR count). The summed E-state index contributed by atoms with van der Waals surface area (Å²) in [6, 6.07) is 35.9. The predicted molar refractivity (Wildman–Crippen MR) is 180 cm³/mol. The van der Waals surface area contributed by atoms with E-state index in [1.165, 1.54) is 0 Å². The number of rotatable bonds is 9. The molecule has 8 nitrogen and oxygen atoms in total. The first-order chi connectivity index (χ1) is 23.1. The Morgan fingerprint density at radius 1 is 0.872 bits per heavy atom. The Kier molecular flexibility index (Phi) is 8.88. The first-order valence-electron chi connectivity index (χ1n) is 15.8. The van der Waals surface area contributed by atoms with E-state index in [2.05, 4.69) is 63.2 Å². The Bertz CT molecular complexity index is 1960. The highest BCUT2D eigenvalue weighted by atomic mass is 16.7. The number of hydrogen-bond acceptors (Lipinski definition) is 6. The van der Waals surface area contributed by atoms with Gasteiger partial charge in [-0.05, 0) is 52.1 Å². The molecule has 2 aromatic heterocycles. The normalized spacial score (nSPS) is 19.4. The number of para-hydroxylation sites is 2. The highest BCUT2D eigenvalue weighted by Crippen LogP contribution is 2.42. The number of hydrogen-bond donors (Lipinski definition) is 2. The molecule has 0 radical (unpaired) electrons. The summed E-state index contributed by atoms with van der Waals surface area (Å²) in [4.78, 5) is 21.3. The number of pyridine rings is 1. The first-order valence-corrected chi connectivity index (χ1v) is 15.8. The minimum atomic E-state index is -0.587. The van der Waals surface area contributed by atoms with Crippen LogP contribution in [0.15, 0.2) is 128 Å². The number of amides is 1. The van der Waals surface area contributed by atoms with Gasteiger partial charge in [0, 0.05) is 30.4 Å². The van der Waals surface area contributed by atoms with Crippen molar-refractivity contribution in [3.05, 3.63) is 156 Å². The highest BCUT2D eigenvalue weighted by Gasteiger charge is 2.38. The number of aliphatic hydroxyl groups is 1. The van der Waals surface area contributed by atoms with Crippen LogP contribution in [0, 0.1) is 5.92 Å². The lowest BCUT2D eigenvalue weighted by atomic mass is 9.90. The van der Waals surface area contributed by atoms with Crippen LogP contribution < -0.4 is 5.32 Å². The summed E-state index contributed by atoms with van der Waals surface area (Å²) in [6.07, 6.45) is 4.13. The van der Waals surface area contributed by atoms with E-state index in [4.69, 9.17) is 9.47 Å². The van der Waals surface area contributed by atoms with Gasteiger partial charge in [-0.25, -0.2) is 4.98 Å². The van der Waals surface area contributed by atoms with Crippen molar-refractivity contribution in [3.63, 3.8) is 0 Å². The predicted octanol–water partition coefficient (Wildman–Crippen LogP) is 7.01. The van der Waals surface area contributed by atoms with Gasteiger partial charge in [-0.15, -0.1) is 0 Å². The molecular weight excluding hydrogens is 588 g/mol. The number of fused-ring (bicyclic) bond motifs is 1. The van der Waals surface area contributed by atoms with E-state index in [1.807, 2.05) is 67.0 Å². The van der Waals surface area contributed by atoms with Crippen LogP contribution >= 0.6 is 0 Å². The third-order valence-electron chi connectivity index (χ3n) is 8.90. The molecule has 1 saturated heterocycles. The van der Waals surface area contributed by atoms with Crippen molar-refractivity contribution in [1.82, 2.24) is 19.9 Å². The number of aromatic nitrogens is 3. The van der Waals surface area contributed by atoms with Crippen molar-refractivity contribution in [2.75, 3.05) is 0 Å². The number of aliphatic hydroxyl groups excluding tert-OH is 1. The van der Waals surface area contributed by atoms with Gasteiger partial charge >= 0.3 is 0 Å². The van der Waals surface area contributed by atoms with Gasteiger partial charge in [0.05, 0.1) is 48.3 Å². The highest BCUT2D eigenvalue weighted by molar-refractivity contribution is 5.93. The second-order valence-electron chi connectivity index (χ2n) is 11.9. The lowest BCUT2D eigenvalue weighted by Crippen LogP contribution is -2.39. The number of imidazole rings is 1. The monoisotopic (exact) mass is 624 g/mol. The van der Waals surface area contributed by atoms with Crippen LogP contribution in [0.5, 0.6) is 0 Å². The Morgan fingerprint density at radius 2 is 1.64 bits per heavy atom. The zero-order valence-corrected chi connectivity index (χ0v) is 26.1. The zero-order chi connectivity index (χ0) is 32.2. The standard InChI is InChI=1S/C39H36N4O4/c1-26-36(23-43-25-42-34-10-4-5-11-35(34)43)46-39(47-37(26)29-14-12-27(24-44)13-15-29)30-18-16-28(17-19-30)33-9-3-2-7-31(33)22-41-38(45)32-8-6-20-40-21-32/h2-21,25-26,36-37,39,44H,22-24H2,1H3,(H,41,45)/t26-,36+,37+,39+/m0/s1. The summed E-state index contributed by atoms with van der Waals surface area (Å²) < 4.78 is 15.6. The molecule has 47 heavy (non-hydrogen) atoms. The van der Waals surface area contributed by atoms with Crippen LogP contribution in [0.4, 0.5) is 0 Å². The summed E-state index contributed by atoms with van der Waals surface area (Å²) in [5, 5.41) is 12.6. The molecule has 3 heterocycles. The number of carbonyl (C=O) groups excluding carboxylic acids is 1. The molecule has 0 saturated carbocycles. The van der Waals surface area contributed by atoms with E-state index in [1.54, 1.807) is 24.5 Å². The summed E-state index contributed by atoms with van der Waals surface area (Å²) in [7, 11) is 0. The van der Waals surface area contributed by atoms with Gasteiger partial charge in [0.25, 0.3) is 5.91 Å². The second-order valence-corrected chi connectivity index (χ2v) is 11.9. The van der Waals surface area contributed by atoms with E-state index in [-0.39, 0.29) is 30.6 Å². The molecule has 4 atom stereocenters. The van der Waals surface area contributed by atoms with Crippen LogP contribution in [0.2, 0.25) is 0 Å².